The molecule has 1 amide bonds. The zero-order chi connectivity index (χ0) is 24.1. The molecule has 1 unspecified atom stereocenters. The van der Waals surface area contributed by atoms with Crippen molar-refractivity contribution in [2.75, 3.05) is 19.0 Å². The summed E-state index contributed by atoms with van der Waals surface area (Å²) in [6.07, 6.45) is 6.44. The van der Waals surface area contributed by atoms with E-state index in [0.717, 1.165) is 30.5 Å². The number of nitriles is 1. The van der Waals surface area contributed by atoms with Gasteiger partial charge in [-0.15, -0.1) is 0 Å². The van der Waals surface area contributed by atoms with Crippen molar-refractivity contribution < 1.29 is 14.3 Å². The Balaban J connectivity index is 1.66. The number of hydrogen-bond acceptors (Lipinski definition) is 6. The predicted octanol–water partition coefficient (Wildman–Crippen LogP) is 6.25. The molecule has 2 aromatic carbocycles. The van der Waals surface area contributed by atoms with Crippen molar-refractivity contribution in [1.29, 1.82) is 5.26 Å². The molecule has 4 rings (SSSR count). The minimum atomic E-state index is -0.171. The highest BCUT2D eigenvalue weighted by Crippen LogP contribution is 2.43. The number of halogens is 1. The van der Waals surface area contributed by atoms with Crippen LogP contribution in [0.25, 0.3) is 6.08 Å². The molecule has 1 saturated heterocycles. The third-order valence-electron chi connectivity index (χ3n) is 6.25. The van der Waals surface area contributed by atoms with E-state index in [2.05, 4.69) is 28.2 Å². The summed E-state index contributed by atoms with van der Waals surface area (Å²) in [4.78, 5) is 16.4. The van der Waals surface area contributed by atoms with Crippen molar-refractivity contribution in [3.05, 3.63) is 57.4 Å². The molecule has 0 bridgehead atoms. The normalized spacial score (nSPS) is 23.6. The Morgan fingerprint density at radius 1 is 1.26 bits per heavy atom. The summed E-state index contributed by atoms with van der Waals surface area (Å²) in [6, 6.07) is 15.9. The highest BCUT2D eigenvalue weighted by molar-refractivity contribution is 9.10. The molecule has 6 nitrogen and oxygen atoms in total. The maximum absolute atomic E-state index is 13.7. The van der Waals surface area contributed by atoms with Gasteiger partial charge in [0.2, 0.25) is 0 Å². The Morgan fingerprint density at radius 2 is 2.03 bits per heavy atom. The summed E-state index contributed by atoms with van der Waals surface area (Å²) >= 11 is 5.06. The zero-order valence-corrected chi connectivity index (χ0v) is 21.7. The molecule has 2 aromatic rings. The highest BCUT2D eigenvalue weighted by atomic mass is 79.9. The number of amides is 1. The molecule has 0 aromatic heterocycles. The van der Waals surface area contributed by atoms with Gasteiger partial charge in [-0.3, -0.25) is 4.79 Å². The number of para-hydroxylation sites is 1. The Hall–Kier alpha value is -2.63. The van der Waals surface area contributed by atoms with Gasteiger partial charge in [-0.1, -0.05) is 49.7 Å². The topological polar surface area (TPSA) is 74.6 Å². The third kappa shape index (κ3) is 5.37. The van der Waals surface area contributed by atoms with Gasteiger partial charge in [0.15, 0.2) is 23.6 Å². The largest absolute Gasteiger partial charge is 0.493 e. The number of carbonyl (C=O) groups is 1. The Morgan fingerprint density at radius 3 is 2.74 bits per heavy atom. The van der Waals surface area contributed by atoms with Crippen LogP contribution in [-0.2, 0) is 4.79 Å². The number of anilines is 1. The molecule has 1 aliphatic carbocycles. The lowest BCUT2D eigenvalue weighted by Crippen LogP contribution is -2.48. The lowest BCUT2D eigenvalue weighted by atomic mass is 9.85. The van der Waals surface area contributed by atoms with Crippen molar-refractivity contribution in [1.82, 2.24) is 4.90 Å². The molecule has 2 fully saturated rings. The lowest BCUT2D eigenvalue weighted by molar-refractivity contribution is -0.129. The molecule has 2 aliphatic rings. The molecule has 34 heavy (non-hydrogen) atoms. The fourth-order valence-electron chi connectivity index (χ4n) is 4.59. The number of ether oxygens (including phenoxy) is 2. The van der Waals surface area contributed by atoms with Crippen molar-refractivity contribution in [2.45, 2.75) is 44.1 Å². The molecule has 1 aliphatic heterocycles. The van der Waals surface area contributed by atoms with Crippen LogP contribution in [0.15, 0.2) is 51.8 Å². The molecule has 0 spiro atoms. The fraction of sp³-hybridized carbons (Fsp3) is 0.385. The first-order valence-electron chi connectivity index (χ1n) is 11.4. The van der Waals surface area contributed by atoms with E-state index >= 15 is 0 Å². The Kier molecular flexibility index (Phi) is 8.07. The molecular formula is C26H28BrN3O3S. The summed E-state index contributed by atoms with van der Waals surface area (Å²) in [5.41, 5.74) is 1.64. The highest BCUT2D eigenvalue weighted by Gasteiger charge is 2.42. The second-order valence-corrected chi connectivity index (χ2v) is 10.5. The van der Waals surface area contributed by atoms with Crippen LogP contribution < -0.4 is 14.8 Å². The maximum Gasteiger partial charge on any atom is 0.262 e. The van der Waals surface area contributed by atoms with Crippen LogP contribution in [0.1, 0.15) is 38.2 Å². The van der Waals surface area contributed by atoms with E-state index in [4.69, 9.17) is 14.7 Å². The van der Waals surface area contributed by atoms with Crippen molar-refractivity contribution >= 4 is 45.4 Å². The third-order valence-corrected chi connectivity index (χ3v) is 7.96. The number of benzene rings is 2. The van der Waals surface area contributed by atoms with E-state index in [1.807, 2.05) is 59.5 Å². The van der Waals surface area contributed by atoms with Crippen molar-refractivity contribution in [3.63, 3.8) is 0 Å². The summed E-state index contributed by atoms with van der Waals surface area (Å²) in [5, 5.41) is 12.4. The van der Waals surface area contributed by atoms with E-state index in [-0.39, 0.29) is 24.1 Å². The van der Waals surface area contributed by atoms with E-state index in [0.29, 0.717) is 26.8 Å². The lowest BCUT2D eigenvalue weighted by Gasteiger charge is -2.39. The van der Waals surface area contributed by atoms with Crippen LogP contribution in [0.5, 0.6) is 11.5 Å². The maximum atomic E-state index is 13.7. The second kappa shape index (κ2) is 11.2. The van der Waals surface area contributed by atoms with Gasteiger partial charge in [0.25, 0.3) is 5.91 Å². The molecule has 0 radical (unpaired) electrons. The Labute approximate surface area is 213 Å². The number of hydrogen-bond donors (Lipinski definition) is 1. The molecule has 1 N–H and O–H groups in total. The number of carbonyl (C=O) groups excluding carboxylic acids is 1. The number of methoxy groups -OCH3 is 1. The number of thioether (sulfide) groups is 1. The molecule has 3 atom stereocenters. The van der Waals surface area contributed by atoms with Gasteiger partial charge < -0.3 is 19.7 Å². The average Bonchev–Trinajstić information content (AvgIpc) is 3.13. The van der Waals surface area contributed by atoms with Crippen LogP contribution in [-0.4, -0.2) is 36.1 Å². The van der Waals surface area contributed by atoms with E-state index in [1.165, 1.54) is 6.42 Å². The first-order chi connectivity index (χ1) is 16.5. The minimum Gasteiger partial charge on any atom is -0.493 e. The summed E-state index contributed by atoms with van der Waals surface area (Å²) in [6.45, 7) is 2.18. The van der Waals surface area contributed by atoms with Crippen LogP contribution in [0.3, 0.4) is 0 Å². The van der Waals surface area contributed by atoms with Gasteiger partial charge in [-0.2, -0.15) is 5.26 Å². The van der Waals surface area contributed by atoms with E-state index in [1.54, 1.807) is 18.9 Å². The van der Waals surface area contributed by atoms with Crippen LogP contribution in [0.2, 0.25) is 0 Å². The predicted molar refractivity (Wildman–Crippen MR) is 139 cm³/mol. The summed E-state index contributed by atoms with van der Waals surface area (Å²) in [7, 11) is 1.55. The van der Waals surface area contributed by atoms with Gasteiger partial charge in [0, 0.05) is 11.7 Å². The molecule has 1 heterocycles. The fourth-order valence-corrected chi connectivity index (χ4v) is 6.37. The second-order valence-electron chi connectivity index (χ2n) is 8.51. The van der Waals surface area contributed by atoms with Crippen molar-refractivity contribution in [3.8, 4) is 17.6 Å². The van der Waals surface area contributed by atoms with Crippen LogP contribution in [0, 0.1) is 17.2 Å². The molecule has 178 valence electrons. The first-order valence-corrected chi connectivity index (χ1v) is 13.1. The SMILES string of the molecule is COc1cc(/C=C2\SC(Nc3ccccc3)N([C@@H]3CCCC[C@@H]3C)C2=O)cc(Br)c1OCC#N. The Bertz CT molecular complexity index is 1100. The quantitative estimate of drug-likeness (QED) is 0.417. The number of rotatable bonds is 7. The minimum absolute atomic E-state index is 0.0528. The number of nitrogens with one attached hydrogen (secondary N) is 1. The van der Waals surface area contributed by atoms with Gasteiger partial charge in [0.05, 0.1) is 16.5 Å². The van der Waals surface area contributed by atoms with Gasteiger partial charge in [-0.25, -0.2) is 0 Å². The van der Waals surface area contributed by atoms with Gasteiger partial charge >= 0.3 is 0 Å². The smallest absolute Gasteiger partial charge is 0.262 e. The number of nitrogens with zero attached hydrogens (tertiary/aromatic N) is 2. The standard InChI is InChI=1S/C26H28BrN3O3S/c1-17-8-6-7-11-21(17)30-25(31)23(34-26(30)29-19-9-4-3-5-10-19)16-18-14-20(27)24(33-13-12-28)22(15-18)32-2/h3-5,9-10,14-17,21,26,29H,6-8,11,13H2,1-2H3/b23-16-/t17-,21+,26?/m0/s1. The summed E-state index contributed by atoms with van der Waals surface area (Å²) < 4.78 is 11.6. The first kappa shape index (κ1) is 24.5. The summed E-state index contributed by atoms with van der Waals surface area (Å²) in [5.74, 6) is 1.49. The van der Waals surface area contributed by atoms with Gasteiger partial charge in [-0.05, 0) is 70.6 Å². The van der Waals surface area contributed by atoms with E-state index < -0.39 is 0 Å². The van der Waals surface area contributed by atoms with Crippen LogP contribution in [0.4, 0.5) is 5.69 Å². The average molecular weight is 542 g/mol. The van der Waals surface area contributed by atoms with Crippen molar-refractivity contribution in [2.24, 2.45) is 5.92 Å². The molecular weight excluding hydrogens is 514 g/mol. The van der Waals surface area contributed by atoms with Crippen LogP contribution >= 0.6 is 27.7 Å². The van der Waals surface area contributed by atoms with E-state index in [9.17, 15) is 4.79 Å². The zero-order valence-electron chi connectivity index (χ0n) is 19.3. The molecule has 1 saturated carbocycles. The molecule has 8 heteroatoms. The monoisotopic (exact) mass is 541 g/mol. The van der Waals surface area contributed by atoms with Gasteiger partial charge in [0.1, 0.15) is 6.07 Å².